The Balaban J connectivity index is 1.70. The number of aromatic amines is 2. The van der Waals surface area contributed by atoms with Gasteiger partial charge in [-0.1, -0.05) is 19.3 Å². The number of nitrogens with zero attached hydrogens (tertiary/aromatic N) is 1. The van der Waals surface area contributed by atoms with E-state index in [1.165, 1.54) is 32.1 Å². The summed E-state index contributed by atoms with van der Waals surface area (Å²) in [4.78, 5) is 22.4. The van der Waals surface area contributed by atoms with Crippen LogP contribution in [0.3, 0.4) is 0 Å². The Labute approximate surface area is 134 Å². The summed E-state index contributed by atoms with van der Waals surface area (Å²) in [6.45, 7) is 0. The maximum atomic E-state index is 12.1. The van der Waals surface area contributed by atoms with Gasteiger partial charge in [-0.05, 0) is 36.6 Å². The lowest BCUT2D eigenvalue weighted by Gasteiger charge is -2.23. The summed E-state index contributed by atoms with van der Waals surface area (Å²) in [5, 5.41) is 4.52. The van der Waals surface area contributed by atoms with E-state index in [0.717, 1.165) is 28.0 Å². The Kier molecular flexibility index (Phi) is 3.61. The number of H-pyrrole nitrogens is 2. The average Bonchev–Trinajstić information content (AvgIpc) is 2.99. The lowest BCUT2D eigenvalue weighted by Crippen LogP contribution is -2.24. The minimum absolute atomic E-state index is 0.0842. The predicted molar refractivity (Wildman–Crippen MR) is 92.6 cm³/mol. The van der Waals surface area contributed by atoms with Crippen molar-refractivity contribution in [3.05, 3.63) is 47.0 Å². The summed E-state index contributed by atoms with van der Waals surface area (Å²) in [5.74, 6) is 0.803. The van der Waals surface area contributed by atoms with Crippen LogP contribution in [0.25, 0.3) is 22.2 Å². The van der Waals surface area contributed by atoms with Crippen molar-refractivity contribution >= 4 is 16.9 Å². The van der Waals surface area contributed by atoms with Gasteiger partial charge in [0.1, 0.15) is 11.5 Å². The van der Waals surface area contributed by atoms with Crippen molar-refractivity contribution in [3.63, 3.8) is 0 Å². The van der Waals surface area contributed by atoms with Crippen molar-refractivity contribution in [2.45, 2.75) is 38.1 Å². The highest BCUT2D eigenvalue weighted by Gasteiger charge is 2.14. The molecule has 0 atom stereocenters. The zero-order valence-corrected chi connectivity index (χ0v) is 12.9. The molecule has 5 nitrogen and oxygen atoms in total. The fourth-order valence-electron chi connectivity index (χ4n) is 3.44. The molecule has 0 aliphatic heterocycles. The van der Waals surface area contributed by atoms with Crippen molar-refractivity contribution in [3.8, 4) is 11.1 Å². The van der Waals surface area contributed by atoms with E-state index in [9.17, 15) is 4.79 Å². The standard InChI is InChI=1S/C18H20N4O/c23-17-10-12(15-11-20-18-14(15)7-4-8-19-18)9-16(22-17)21-13-5-2-1-3-6-13/h4,7-11,13H,1-3,5-6H2,(H,19,20)(H2,21,22,23). The fourth-order valence-corrected chi connectivity index (χ4v) is 3.44. The summed E-state index contributed by atoms with van der Waals surface area (Å²) in [6.07, 6.45) is 9.85. The van der Waals surface area contributed by atoms with Gasteiger partial charge in [-0.25, -0.2) is 4.98 Å². The molecule has 3 heterocycles. The third-order valence-electron chi connectivity index (χ3n) is 4.57. The van der Waals surface area contributed by atoms with Gasteiger partial charge in [-0.2, -0.15) is 0 Å². The molecule has 0 aromatic carbocycles. The number of nitrogens with one attached hydrogen (secondary N) is 3. The SMILES string of the molecule is O=c1cc(-c2c[nH]c3ncccc23)cc(NC2CCCCC2)[nH]1. The van der Waals surface area contributed by atoms with Crippen LogP contribution in [-0.2, 0) is 0 Å². The highest BCUT2D eigenvalue weighted by atomic mass is 16.1. The van der Waals surface area contributed by atoms with Gasteiger partial charge in [-0.3, -0.25) is 4.79 Å². The van der Waals surface area contributed by atoms with Crippen molar-refractivity contribution < 1.29 is 0 Å². The van der Waals surface area contributed by atoms with Gasteiger partial charge < -0.3 is 15.3 Å². The zero-order chi connectivity index (χ0) is 15.6. The fraction of sp³-hybridized carbons (Fsp3) is 0.333. The van der Waals surface area contributed by atoms with Crippen LogP contribution in [0.4, 0.5) is 5.82 Å². The first kappa shape index (κ1) is 14.1. The van der Waals surface area contributed by atoms with E-state index < -0.39 is 0 Å². The first-order valence-corrected chi connectivity index (χ1v) is 8.23. The minimum atomic E-state index is -0.0842. The normalized spacial score (nSPS) is 15.8. The Morgan fingerprint density at radius 3 is 2.91 bits per heavy atom. The second-order valence-corrected chi connectivity index (χ2v) is 6.23. The van der Waals surface area contributed by atoms with Gasteiger partial charge in [0, 0.05) is 35.5 Å². The van der Waals surface area contributed by atoms with Crippen molar-refractivity contribution in [1.82, 2.24) is 15.0 Å². The quantitative estimate of drug-likeness (QED) is 0.691. The Morgan fingerprint density at radius 2 is 2.04 bits per heavy atom. The van der Waals surface area contributed by atoms with Gasteiger partial charge in [-0.15, -0.1) is 0 Å². The summed E-state index contributed by atoms with van der Waals surface area (Å²) >= 11 is 0. The summed E-state index contributed by atoms with van der Waals surface area (Å²) < 4.78 is 0. The number of pyridine rings is 2. The predicted octanol–water partition coefficient (Wildman–Crippen LogP) is 3.66. The van der Waals surface area contributed by atoms with Crippen LogP contribution in [0.15, 0.2) is 41.5 Å². The summed E-state index contributed by atoms with van der Waals surface area (Å²) in [6, 6.07) is 8.05. The van der Waals surface area contributed by atoms with Gasteiger partial charge in [0.05, 0.1) is 0 Å². The third-order valence-corrected chi connectivity index (χ3v) is 4.57. The molecule has 0 spiro atoms. The molecule has 0 saturated heterocycles. The lowest BCUT2D eigenvalue weighted by molar-refractivity contribution is 0.462. The molecule has 4 rings (SSSR count). The monoisotopic (exact) mass is 308 g/mol. The lowest BCUT2D eigenvalue weighted by atomic mass is 9.95. The highest BCUT2D eigenvalue weighted by Crippen LogP contribution is 2.28. The van der Waals surface area contributed by atoms with E-state index >= 15 is 0 Å². The topological polar surface area (TPSA) is 73.6 Å². The molecule has 3 N–H and O–H groups in total. The van der Waals surface area contributed by atoms with Crippen LogP contribution in [0, 0.1) is 0 Å². The first-order chi connectivity index (χ1) is 11.3. The molecule has 0 unspecified atom stereocenters. The molecule has 0 bridgehead atoms. The minimum Gasteiger partial charge on any atom is -0.369 e. The summed E-state index contributed by atoms with van der Waals surface area (Å²) in [5.41, 5.74) is 2.67. The maximum absolute atomic E-state index is 12.1. The molecule has 0 radical (unpaired) electrons. The van der Waals surface area contributed by atoms with Gasteiger partial charge in [0.15, 0.2) is 0 Å². The third kappa shape index (κ3) is 2.86. The van der Waals surface area contributed by atoms with Crippen LogP contribution in [0.5, 0.6) is 0 Å². The molecule has 118 valence electrons. The van der Waals surface area contributed by atoms with Crippen LogP contribution in [0.2, 0.25) is 0 Å². The van der Waals surface area contributed by atoms with Gasteiger partial charge >= 0.3 is 0 Å². The van der Waals surface area contributed by atoms with Crippen LogP contribution >= 0.6 is 0 Å². The van der Waals surface area contributed by atoms with Gasteiger partial charge in [0.2, 0.25) is 5.56 Å². The number of hydrogen-bond acceptors (Lipinski definition) is 3. The maximum Gasteiger partial charge on any atom is 0.250 e. The molecule has 3 aromatic heterocycles. The molecular formula is C18H20N4O. The van der Waals surface area contributed by atoms with E-state index in [2.05, 4.69) is 20.3 Å². The van der Waals surface area contributed by atoms with E-state index in [1.54, 1.807) is 12.3 Å². The van der Waals surface area contributed by atoms with E-state index in [1.807, 2.05) is 24.4 Å². The number of rotatable bonds is 3. The molecule has 1 aliphatic carbocycles. The number of anilines is 1. The van der Waals surface area contributed by atoms with Crippen molar-refractivity contribution in [2.75, 3.05) is 5.32 Å². The Hall–Kier alpha value is -2.56. The molecular weight excluding hydrogens is 288 g/mol. The Morgan fingerprint density at radius 1 is 1.17 bits per heavy atom. The van der Waals surface area contributed by atoms with Crippen LogP contribution in [0.1, 0.15) is 32.1 Å². The highest BCUT2D eigenvalue weighted by molar-refractivity contribution is 5.93. The molecule has 1 aliphatic rings. The Bertz CT molecular complexity index is 874. The molecule has 1 fully saturated rings. The smallest absolute Gasteiger partial charge is 0.250 e. The van der Waals surface area contributed by atoms with Gasteiger partial charge in [0.25, 0.3) is 0 Å². The van der Waals surface area contributed by atoms with Crippen molar-refractivity contribution in [2.24, 2.45) is 0 Å². The number of fused-ring (bicyclic) bond motifs is 1. The molecule has 5 heteroatoms. The first-order valence-electron chi connectivity index (χ1n) is 8.23. The summed E-state index contributed by atoms with van der Waals surface area (Å²) in [7, 11) is 0. The van der Waals surface area contributed by atoms with Crippen LogP contribution in [-0.4, -0.2) is 21.0 Å². The van der Waals surface area contributed by atoms with Crippen molar-refractivity contribution in [1.29, 1.82) is 0 Å². The molecule has 23 heavy (non-hydrogen) atoms. The number of hydrogen-bond donors (Lipinski definition) is 3. The zero-order valence-electron chi connectivity index (χ0n) is 12.9. The molecule has 3 aromatic rings. The van der Waals surface area contributed by atoms with Crippen LogP contribution < -0.4 is 10.9 Å². The van der Waals surface area contributed by atoms with E-state index in [4.69, 9.17) is 0 Å². The molecule has 1 saturated carbocycles. The second-order valence-electron chi connectivity index (χ2n) is 6.23. The van der Waals surface area contributed by atoms with E-state index in [0.29, 0.717) is 6.04 Å². The van der Waals surface area contributed by atoms with E-state index in [-0.39, 0.29) is 5.56 Å². The second kappa shape index (κ2) is 5.91. The molecule has 0 amide bonds. The number of aromatic nitrogens is 3. The largest absolute Gasteiger partial charge is 0.369 e. The average molecular weight is 308 g/mol.